The van der Waals surface area contributed by atoms with Crippen molar-refractivity contribution < 1.29 is 9.59 Å². The molecule has 0 atom stereocenters. The minimum absolute atomic E-state index is 0.0225. The summed E-state index contributed by atoms with van der Waals surface area (Å²) in [5, 5.41) is 0. The van der Waals surface area contributed by atoms with E-state index in [9.17, 15) is 9.59 Å². The zero-order valence-electron chi connectivity index (χ0n) is 11.1. The molecule has 2 rings (SSSR count). The smallest absolute Gasteiger partial charge is 0.253 e. The van der Waals surface area contributed by atoms with E-state index >= 15 is 0 Å². The number of rotatable bonds is 2. The van der Waals surface area contributed by atoms with Gasteiger partial charge in [-0.3, -0.25) is 9.59 Å². The van der Waals surface area contributed by atoms with Gasteiger partial charge in [0.1, 0.15) is 0 Å². The molecule has 1 fully saturated rings. The Balaban J connectivity index is 1.93. The molecule has 2 amide bonds. The van der Waals surface area contributed by atoms with Gasteiger partial charge in [-0.1, -0.05) is 24.3 Å². The lowest BCUT2D eigenvalue weighted by Gasteiger charge is -2.34. The van der Waals surface area contributed by atoms with E-state index in [1.165, 1.54) is 0 Å². The molecule has 0 aliphatic carbocycles. The van der Waals surface area contributed by atoms with E-state index in [0.717, 1.165) is 0 Å². The molecule has 0 aromatic heterocycles. The molecular weight excluding hydrogens is 240 g/mol. The second kappa shape index (κ2) is 6.18. The number of nitrogens with zero attached hydrogens (tertiary/aromatic N) is 2. The SMILES string of the molecule is C/C=C\C(=O)N1CCN(C(=O)c2ccccc2)CC1. The highest BCUT2D eigenvalue weighted by atomic mass is 16.2. The van der Waals surface area contributed by atoms with E-state index in [2.05, 4.69) is 0 Å². The predicted octanol–water partition coefficient (Wildman–Crippen LogP) is 1.55. The molecule has 0 radical (unpaired) electrons. The average molecular weight is 258 g/mol. The van der Waals surface area contributed by atoms with E-state index in [4.69, 9.17) is 0 Å². The Morgan fingerprint density at radius 2 is 1.58 bits per heavy atom. The highest BCUT2D eigenvalue weighted by molar-refractivity contribution is 5.94. The third-order valence-electron chi connectivity index (χ3n) is 3.21. The fourth-order valence-electron chi connectivity index (χ4n) is 2.14. The summed E-state index contributed by atoms with van der Waals surface area (Å²) in [6, 6.07) is 9.25. The van der Waals surface area contributed by atoms with Crippen LogP contribution >= 0.6 is 0 Å². The molecule has 1 heterocycles. The molecule has 19 heavy (non-hydrogen) atoms. The van der Waals surface area contributed by atoms with E-state index in [1.54, 1.807) is 22.0 Å². The molecule has 4 heteroatoms. The molecule has 1 aliphatic heterocycles. The first-order valence-electron chi connectivity index (χ1n) is 6.48. The van der Waals surface area contributed by atoms with Crippen LogP contribution in [0.25, 0.3) is 0 Å². The van der Waals surface area contributed by atoms with Crippen LogP contribution in [0.15, 0.2) is 42.5 Å². The molecule has 1 saturated heterocycles. The van der Waals surface area contributed by atoms with E-state index < -0.39 is 0 Å². The van der Waals surface area contributed by atoms with Gasteiger partial charge in [-0.2, -0.15) is 0 Å². The molecule has 100 valence electrons. The first-order valence-corrected chi connectivity index (χ1v) is 6.48. The van der Waals surface area contributed by atoms with Crippen molar-refractivity contribution >= 4 is 11.8 Å². The van der Waals surface area contributed by atoms with Crippen LogP contribution in [-0.2, 0) is 4.79 Å². The van der Waals surface area contributed by atoms with Gasteiger partial charge in [0.2, 0.25) is 5.91 Å². The van der Waals surface area contributed by atoms with Crippen molar-refractivity contribution in [1.82, 2.24) is 9.80 Å². The van der Waals surface area contributed by atoms with Gasteiger partial charge in [-0.15, -0.1) is 0 Å². The van der Waals surface area contributed by atoms with E-state index in [0.29, 0.717) is 31.7 Å². The number of amides is 2. The summed E-state index contributed by atoms with van der Waals surface area (Å²) in [6.07, 6.45) is 3.30. The molecule has 4 nitrogen and oxygen atoms in total. The monoisotopic (exact) mass is 258 g/mol. The summed E-state index contributed by atoms with van der Waals surface area (Å²) < 4.78 is 0. The number of hydrogen-bond acceptors (Lipinski definition) is 2. The maximum Gasteiger partial charge on any atom is 0.253 e. The Kier molecular flexibility index (Phi) is 4.34. The second-order valence-corrected chi connectivity index (χ2v) is 4.48. The highest BCUT2D eigenvalue weighted by Gasteiger charge is 2.23. The first kappa shape index (κ1) is 13.3. The third kappa shape index (κ3) is 3.22. The maximum absolute atomic E-state index is 12.2. The van der Waals surface area contributed by atoms with Gasteiger partial charge in [-0.25, -0.2) is 0 Å². The largest absolute Gasteiger partial charge is 0.336 e. The topological polar surface area (TPSA) is 40.6 Å². The van der Waals surface area contributed by atoms with Gasteiger partial charge in [-0.05, 0) is 25.1 Å². The van der Waals surface area contributed by atoms with Crippen molar-refractivity contribution in [1.29, 1.82) is 0 Å². The normalized spacial score (nSPS) is 15.8. The lowest BCUT2D eigenvalue weighted by Crippen LogP contribution is -2.50. The molecule has 0 bridgehead atoms. The summed E-state index contributed by atoms with van der Waals surface area (Å²) in [5.41, 5.74) is 0.704. The van der Waals surface area contributed by atoms with Gasteiger partial charge < -0.3 is 9.80 Å². The van der Waals surface area contributed by atoms with Crippen molar-refractivity contribution in [2.45, 2.75) is 6.92 Å². The van der Waals surface area contributed by atoms with Crippen LogP contribution in [0, 0.1) is 0 Å². The number of allylic oxidation sites excluding steroid dienone is 1. The summed E-state index contributed by atoms with van der Waals surface area (Å²) >= 11 is 0. The fraction of sp³-hybridized carbons (Fsp3) is 0.333. The Bertz CT molecular complexity index is 474. The van der Waals surface area contributed by atoms with E-state index in [1.807, 2.05) is 37.3 Å². The molecule has 0 unspecified atom stereocenters. The molecule has 1 aliphatic rings. The lowest BCUT2D eigenvalue weighted by atomic mass is 10.2. The number of carbonyl (C=O) groups excluding carboxylic acids is 2. The Labute approximate surface area is 113 Å². The lowest BCUT2D eigenvalue weighted by molar-refractivity contribution is -0.127. The van der Waals surface area contributed by atoms with Crippen molar-refractivity contribution in [3.8, 4) is 0 Å². The van der Waals surface area contributed by atoms with Crippen LogP contribution in [0.1, 0.15) is 17.3 Å². The van der Waals surface area contributed by atoms with Crippen LogP contribution in [0.2, 0.25) is 0 Å². The standard InChI is InChI=1S/C15H18N2O2/c1-2-6-14(18)16-9-11-17(12-10-16)15(19)13-7-4-3-5-8-13/h2-8H,9-12H2,1H3/b6-2-. The molecule has 0 spiro atoms. The van der Waals surface area contributed by atoms with Crippen LogP contribution in [-0.4, -0.2) is 47.8 Å². The Morgan fingerprint density at radius 1 is 1.00 bits per heavy atom. The van der Waals surface area contributed by atoms with Crippen molar-refractivity contribution in [3.63, 3.8) is 0 Å². The number of hydrogen-bond donors (Lipinski definition) is 0. The zero-order valence-corrected chi connectivity index (χ0v) is 11.1. The zero-order chi connectivity index (χ0) is 13.7. The van der Waals surface area contributed by atoms with E-state index in [-0.39, 0.29) is 11.8 Å². The van der Waals surface area contributed by atoms with Gasteiger partial charge in [0.25, 0.3) is 5.91 Å². The van der Waals surface area contributed by atoms with Crippen LogP contribution in [0.4, 0.5) is 0 Å². The molecule has 1 aromatic carbocycles. The summed E-state index contributed by atoms with van der Waals surface area (Å²) in [7, 11) is 0. The molecule has 1 aromatic rings. The summed E-state index contributed by atoms with van der Waals surface area (Å²) in [4.78, 5) is 27.5. The number of benzene rings is 1. The summed E-state index contributed by atoms with van der Waals surface area (Å²) in [6.45, 7) is 4.21. The quantitative estimate of drug-likeness (QED) is 0.755. The summed E-state index contributed by atoms with van der Waals surface area (Å²) in [5.74, 6) is 0.0630. The van der Waals surface area contributed by atoms with Crippen LogP contribution in [0.3, 0.4) is 0 Å². The van der Waals surface area contributed by atoms with Gasteiger partial charge in [0.15, 0.2) is 0 Å². The minimum Gasteiger partial charge on any atom is -0.336 e. The predicted molar refractivity (Wildman–Crippen MR) is 73.7 cm³/mol. The van der Waals surface area contributed by atoms with Crippen molar-refractivity contribution in [3.05, 3.63) is 48.0 Å². The number of carbonyl (C=O) groups is 2. The van der Waals surface area contributed by atoms with Crippen molar-refractivity contribution in [2.24, 2.45) is 0 Å². The molecular formula is C15H18N2O2. The molecule has 0 N–H and O–H groups in total. The Hall–Kier alpha value is -2.10. The second-order valence-electron chi connectivity index (χ2n) is 4.48. The van der Waals surface area contributed by atoms with Crippen molar-refractivity contribution in [2.75, 3.05) is 26.2 Å². The van der Waals surface area contributed by atoms with Gasteiger partial charge in [0.05, 0.1) is 0 Å². The third-order valence-corrected chi connectivity index (χ3v) is 3.21. The number of piperazine rings is 1. The average Bonchev–Trinajstić information content (AvgIpc) is 2.48. The fourth-order valence-corrected chi connectivity index (χ4v) is 2.14. The highest BCUT2D eigenvalue weighted by Crippen LogP contribution is 2.09. The van der Waals surface area contributed by atoms with Gasteiger partial charge >= 0.3 is 0 Å². The minimum atomic E-state index is 0.0225. The maximum atomic E-state index is 12.2. The van der Waals surface area contributed by atoms with Crippen LogP contribution < -0.4 is 0 Å². The Morgan fingerprint density at radius 3 is 2.16 bits per heavy atom. The van der Waals surface area contributed by atoms with Gasteiger partial charge in [0, 0.05) is 31.7 Å². The molecule has 0 saturated carbocycles. The van der Waals surface area contributed by atoms with Crippen LogP contribution in [0.5, 0.6) is 0 Å². The first-order chi connectivity index (χ1) is 9.22.